The molecule has 0 spiro atoms. The van der Waals surface area contributed by atoms with Crippen molar-refractivity contribution in [2.24, 2.45) is 5.92 Å². The van der Waals surface area contributed by atoms with Crippen LogP contribution in [0.1, 0.15) is 25.8 Å². The van der Waals surface area contributed by atoms with E-state index in [9.17, 15) is 5.26 Å². The number of rotatable bonds is 5. The standard InChI is InChI=1S/C24H24N6S/c1-24(2)10-18(16-30(24)31-22-5-3-4-17(8-22)11-25)15-29-23-7-6-19(9-20(23)14-28-29)21-12-26-27-13-21/h3-9,12-14,18H,10,15-16H2,1-2H3,(H,26,27). The molecule has 7 heteroatoms. The van der Waals surface area contributed by atoms with E-state index >= 15 is 0 Å². The second kappa shape index (κ2) is 7.88. The second-order valence-corrected chi connectivity index (χ2v) is 9.86. The molecule has 1 saturated heterocycles. The maximum absolute atomic E-state index is 9.18. The highest BCUT2D eigenvalue weighted by Crippen LogP contribution is 2.41. The van der Waals surface area contributed by atoms with Gasteiger partial charge < -0.3 is 0 Å². The highest BCUT2D eigenvalue weighted by atomic mass is 32.2. The lowest BCUT2D eigenvalue weighted by Gasteiger charge is -2.30. The van der Waals surface area contributed by atoms with E-state index in [0.29, 0.717) is 11.5 Å². The molecule has 1 aliphatic rings. The molecule has 0 radical (unpaired) electrons. The van der Waals surface area contributed by atoms with Gasteiger partial charge in [0.05, 0.1) is 29.5 Å². The molecule has 1 atom stereocenters. The van der Waals surface area contributed by atoms with E-state index < -0.39 is 0 Å². The van der Waals surface area contributed by atoms with Gasteiger partial charge in [0.25, 0.3) is 0 Å². The fourth-order valence-electron chi connectivity index (χ4n) is 4.45. The molecule has 2 aromatic heterocycles. The molecule has 3 heterocycles. The third-order valence-corrected chi connectivity index (χ3v) is 7.30. The van der Waals surface area contributed by atoms with E-state index in [1.54, 1.807) is 11.9 Å². The fourth-order valence-corrected chi connectivity index (χ4v) is 5.63. The number of nitriles is 1. The van der Waals surface area contributed by atoms with Gasteiger partial charge in [-0.05, 0) is 74.0 Å². The zero-order valence-electron chi connectivity index (χ0n) is 17.6. The first-order valence-electron chi connectivity index (χ1n) is 10.4. The van der Waals surface area contributed by atoms with Gasteiger partial charge in [-0.25, -0.2) is 4.31 Å². The molecule has 2 aromatic carbocycles. The minimum atomic E-state index is 0.0788. The SMILES string of the molecule is CC1(C)CC(Cn2ncc3cc(-c4cn[nH]c4)ccc32)CN1Sc1cccc(C#N)c1. The van der Waals surface area contributed by atoms with Crippen LogP contribution in [0.4, 0.5) is 0 Å². The lowest BCUT2D eigenvalue weighted by atomic mass is 9.97. The largest absolute Gasteiger partial charge is 0.285 e. The topological polar surface area (TPSA) is 73.5 Å². The first-order chi connectivity index (χ1) is 15.0. The summed E-state index contributed by atoms with van der Waals surface area (Å²) in [5, 5.41) is 21.9. The highest BCUT2D eigenvalue weighted by molar-refractivity contribution is 7.97. The van der Waals surface area contributed by atoms with Gasteiger partial charge in [-0.15, -0.1) is 0 Å². The zero-order chi connectivity index (χ0) is 21.4. The van der Waals surface area contributed by atoms with Gasteiger partial charge in [-0.3, -0.25) is 9.78 Å². The van der Waals surface area contributed by atoms with Crippen molar-refractivity contribution in [2.45, 2.75) is 37.2 Å². The molecule has 0 amide bonds. The van der Waals surface area contributed by atoms with Gasteiger partial charge in [0.15, 0.2) is 0 Å². The quantitative estimate of drug-likeness (QED) is 0.447. The smallest absolute Gasteiger partial charge is 0.0992 e. The molecular formula is C24H24N6S. The molecule has 1 aliphatic heterocycles. The van der Waals surface area contributed by atoms with Crippen molar-refractivity contribution in [3.63, 3.8) is 0 Å². The number of hydrogen-bond acceptors (Lipinski definition) is 5. The average Bonchev–Trinajstić information content (AvgIpc) is 3.48. The van der Waals surface area contributed by atoms with Crippen LogP contribution in [0.2, 0.25) is 0 Å². The zero-order valence-corrected chi connectivity index (χ0v) is 18.4. The summed E-state index contributed by atoms with van der Waals surface area (Å²) in [6.07, 6.45) is 6.81. The third kappa shape index (κ3) is 3.97. The van der Waals surface area contributed by atoms with Crippen molar-refractivity contribution in [3.05, 3.63) is 66.6 Å². The molecule has 4 aromatic rings. The molecule has 1 N–H and O–H groups in total. The summed E-state index contributed by atoms with van der Waals surface area (Å²) in [5.41, 5.74) is 4.18. The number of benzene rings is 2. The first kappa shape index (κ1) is 19.9. The van der Waals surface area contributed by atoms with Gasteiger partial charge >= 0.3 is 0 Å². The Balaban J connectivity index is 1.32. The van der Waals surface area contributed by atoms with Crippen LogP contribution in [0.3, 0.4) is 0 Å². The predicted molar refractivity (Wildman–Crippen MR) is 123 cm³/mol. The molecule has 1 unspecified atom stereocenters. The first-order valence-corrected chi connectivity index (χ1v) is 11.2. The predicted octanol–water partition coefficient (Wildman–Crippen LogP) is 5.11. The molecule has 0 aliphatic carbocycles. The van der Waals surface area contributed by atoms with Crippen molar-refractivity contribution >= 4 is 22.9 Å². The number of aromatic amines is 1. The molecular weight excluding hydrogens is 404 g/mol. The van der Waals surface area contributed by atoms with E-state index in [4.69, 9.17) is 5.10 Å². The molecule has 156 valence electrons. The second-order valence-electron chi connectivity index (χ2n) is 8.76. The minimum Gasteiger partial charge on any atom is -0.285 e. The minimum absolute atomic E-state index is 0.0788. The molecule has 0 bridgehead atoms. The van der Waals surface area contributed by atoms with Crippen molar-refractivity contribution in [1.82, 2.24) is 24.3 Å². The number of fused-ring (bicyclic) bond motifs is 1. The van der Waals surface area contributed by atoms with E-state index in [1.165, 1.54) is 0 Å². The summed E-state index contributed by atoms with van der Waals surface area (Å²) in [7, 11) is 0. The number of nitrogens with one attached hydrogen (secondary N) is 1. The van der Waals surface area contributed by atoms with Crippen LogP contribution < -0.4 is 0 Å². The summed E-state index contributed by atoms with van der Waals surface area (Å²) < 4.78 is 4.59. The van der Waals surface area contributed by atoms with Crippen molar-refractivity contribution < 1.29 is 0 Å². The maximum atomic E-state index is 9.18. The highest BCUT2D eigenvalue weighted by Gasteiger charge is 2.39. The summed E-state index contributed by atoms with van der Waals surface area (Å²) in [6.45, 7) is 6.48. The Morgan fingerprint density at radius 2 is 2.10 bits per heavy atom. The number of H-pyrrole nitrogens is 1. The number of nitrogens with zero attached hydrogens (tertiary/aromatic N) is 5. The Labute approximate surface area is 186 Å². The molecule has 0 saturated carbocycles. The lowest BCUT2D eigenvalue weighted by Crippen LogP contribution is -2.32. The molecule has 31 heavy (non-hydrogen) atoms. The Hall–Kier alpha value is -3.08. The molecule has 5 rings (SSSR count). The van der Waals surface area contributed by atoms with Crippen molar-refractivity contribution in [2.75, 3.05) is 6.54 Å². The van der Waals surface area contributed by atoms with Crippen LogP contribution in [0, 0.1) is 17.2 Å². The monoisotopic (exact) mass is 428 g/mol. The average molecular weight is 429 g/mol. The Morgan fingerprint density at radius 3 is 2.90 bits per heavy atom. The van der Waals surface area contributed by atoms with Crippen LogP contribution in [0.5, 0.6) is 0 Å². The van der Waals surface area contributed by atoms with Crippen LogP contribution >= 0.6 is 11.9 Å². The summed E-state index contributed by atoms with van der Waals surface area (Å²) >= 11 is 1.75. The van der Waals surface area contributed by atoms with E-state index in [0.717, 1.165) is 46.4 Å². The van der Waals surface area contributed by atoms with Crippen LogP contribution in [-0.4, -0.2) is 36.4 Å². The van der Waals surface area contributed by atoms with Gasteiger partial charge in [0.2, 0.25) is 0 Å². The summed E-state index contributed by atoms with van der Waals surface area (Å²) in [5.74, 6) is 0.512. The van der Waals surface area contributed by atoms with Crippen LogP contribution in [0.25, 0.3) is 22.0 Å². The van der Waals surface area contributed by atoms with Crippen LogP contribution in [-0.2, 0) is 6.54 Å². The maximum Gasteiger partial charge on any atom is 0.0992 e. The summed E-state index contributed by atoms with van der Waals surface area (Å²) in [6, 6.07) is 16.5. The van der Waals surface area contributed by atoms with Crippen LogP contribution in [0.15, 0.2) is 66.0 Å². The Bertz CT molecular complexity index is 1250. The van der Waals surface area contributed by atoms with Crippen molar-refractivity contribution in [1.29, 1.82) is 5.26 Å². The van der Waals surface area contributed by atoms with Gasteiger partial charge in [-0.2, -0.15) is 15.5 Å². The lowest BCUT2D eigenvalue weighted by molar-refractivity contribution is 0.319. The van der Waals surface area contributed by atoms with Gasteiger partial charge in [0, 0.05) is 40.7 Å². The van der Waals surface area contributed by atoms with Crippen molar-refractivity contribution in [3.8, 4) is 17.2 Å². The van der Waals surface area contributed by atoms with E-state index in [1.807, 2.05) is 36.8 Å². The molecule has 1 fully saturated rings. The van der Waals surface area contributed by atoms with E-state index in [2.05, 4.69) is 63.4 Å². The van der Waals surface area contributed by atoms with E-state index in [-0.39, 0.29) is 5.54 Å². The third-order valence-electron chi connectivity index (χ3n) is 5.97. The fraction of sp³-hybridized carbons (Fsp3) is 0.292. The Morgan fingerprint density at radius 1 is 1.19 bits per heavy atom. The summed E-state index contributed by atoms with van der Waals surface area (Å²) in [4.78, 5) is 1.11. The number of aromatic nitrogens is 4. The van der Waals surface area contributed by atoms with Gasteiger partial charge in [-0.1, -0.05) is 12.1 Å². The van der Waals surface area contributed by atoms with Gasteiger partial charge in [0.1, 0.15) is 0 Å². The number of hydrogen-bond donors (Lipinski definition) is 1. The Kier molecular flexibility index (Phi) is 5.05. The normalized spacial score (nSPS) is 18.4. The molecule has 6 nitrogen and oxygen atoms in total.